The summed E-state index contributed by atoms with van der Waals surface area (Å²) in [6.45, 7) is 1.24. The Bertz CT molecular complexity index is 732. The molecule has 2 amide bonds. The standard InChI is InChI=1S/C17H17ClN2O4/c1-11(21)19-15-9-13(5-8-16(15)23-2)20-17(22)10-24-14-6-3-12(18)4-7-14/h3-9H,10H2,1-2H3,(H,19,21)(H,20,22). The Morgan fingerprint density at radius 3 is 2.42 bits per heavy atom. The summed E-state index contributed by atoms with van der Waals surface area (Å²) in [6.07, 6.45) is 0. The van der Waals surface area contributed by atoms with Crippen LogP contribution in [0.5, 0.6) is 11.5 Å². The zero-order chi connectivity index (χ0) is 17.5. The van der Waals surface area contributed by atoms with Gasteiger partial charge in [-0.25, -0.2) is 0 Å². The van der Waals surface area contributed by atoms with Crippen molar-refractivity contribution < 1.29 is 19.1 Å². The lowest BCUT2D eigenvalue weighted by molar-refractivity contribution is -0.118. The van der Waals surface area contributed by atoms with Crippen LogP contribution in [0.15, 0.2) is 42.5 Å². The average molecular weight is 349 g/mol. The van der Waals surface area contributed by atoms with Crippen LogP contribution in [0.25, 0.3) is 0 Å². The summed E-state index contributed by atoms with van der Waals surface area (Å²) in [5.41, 5.74) is 0.991. The zero-order valence-electron chi connectivity index (χ0n) is 13.3. The van der Waals surface area contributed by atoms with Crippen LogP contribution in [0.2, 0.25) is 5.02 Å². The second-order valence-electron chi connectivity index (χ2n) is 4.89. The molecule has 0 bridgehead atoms. The number of ether oxygens (including phenoxy) is 2. The molecule has 24 heavy (non-hydrogen) atoms. The van der Waals surface area contributed by atoms with Crippen LogP contribution < -0.4 is 20.1 Å². The fourth-order valence-corrected chi connectivity index (χ4v) is 2.08. The Labute approximate surface area is 144 Å². The second-order valence-corrected chi connectivity index (χ2v) is 5.32. The number of carbonyl (C=O) groups excluding carboxylic acids is 2. The first kappa shape index (κ1) is 17.6. The number of nitrogens with one attached hydrogen (secondary N) is 2. The van der Waals surface area contributed by atoms with Crippen molar-refractivity contribution in [1.82, 2.24) is 0 Å². The van der Waals surface area contributed by atoms with E-state index in [9.17, 15) is 9.59 Å². The van der Waals surface area contributed by atoms with E-state index in [2.05, 4.69) is 10.6 Å². The minimum Gasteiger partial charge on any atom is -0.495 e. The molecule has 0 heterocycles. The van der Waals surface area contributed by atoms with Crippen LogP contribution in [-0.4, -0.2) is 25.5 Å². The van der Waals surface area contributed by atoms with Gasteiger partial charge in [-0.1, -0.05) is 11.6 Å². The van der Waals surface area contributed by atoms with E-state index in [0.29, 0.717) is 27.9 Å². The zero-order valence-corrected chi connectivity index (χ0v) is 14.0. The molecule has 0 aliphatic rings. The molecule has 0 unspecified atom stereocenters. The Morgan fingerprint density at radius 2 is 1.79 bits per heavy atom. The van der Waals surface area contributed by atoms with Crippen LogP contribution in [-0.2, 0) is 9.59 Å². The van der Waals surface area contributed by atoms with Gasteiger partial charge in [-0.05, 0) is 42.5 Å². The SMILES string of the molecule is COc1ccc(NC(=O)COc2ccc(Cl)cc2)cc1NC(C)=O. The molecule has 0 aliphatic carbocycles. The first-order valence-corrected chi connectivity index (χ1v) is 7.49. The molecule has 2 N–H and O–H groups in total. The molecule has 126 valence electrons. The summed E-state index contributed by atoms with van der Waals surface area (Å²) in [4.78, 5) is 23.2. The smallest absolute Gasteiger partial charge is 0.262 e. The number of anilines is 2. The van der Waals surface area contributed by atoms with Crippen molar-refractivity contribution in [3.8, 4) is 11.5 Å². The van der Waals surface area contributed by atoms with Gasteiger partial charge >= 0.3 is 0 Å². The summed E-state index contributed by atoms with van der Waals surface area (Å²) >= 11 is 5.78. The molecule has 2 rings (SSSR count). The van der Waals surface area contributed by atoms with E-state index in [0.717, 1.165) is 0 Å². The highest BCUT2D eigenvalue weighted by molar-refractivity contribution is 6.30. The average Bonchev–Trinajstić information content (AvgIpc) is 2.54. The lowest BCUT2D eigenvalue weighted by Gasteiger charge is -2.12. The number of halogens is 1. The van der Waals surface area contributed by atoms with E-state index in [1.165, 1.54) is 14.0 Å². The predicted molar refractivity (Wildman–Crippen MR) is 92.9 cm³/mol. The molecule has 0 radical (unpaired) electrons. The molecule has 0 atom stereocenters. The molecule has 2 aromatic rings. The monoisotopic (exact) mass is 348 g/mol. The molecule has 0 saturated carbocycles. The van der Waals surface area contributed by atoms with Gasteiger partial charge in [0, 0.05) is 17.6 Å². The molecule has 0 aromatic heterocycles. The third-order valence-corrected chi connectivity index (χ3v) is 3.23. The van der Waals surface area contributed by atoms with Gasteiger partial charge in [0.2, 0.25) is 5.91 Å². The molecular formula is C17H17ClN2O4. The van der Waals surface area contributed by atoms with Crippen LogP contribution in [0, 0.1) is 0 Å². The van der Waals surface area contributed by atoms with Gasteiger partial charge in [-0.3, -0.25) is 9.59 Å². The normalized spacial score (nSPS) is 9.96. The fourth-order valence-electron chi connectivity index (χ4n) is 1.95. The third-order valence-electron chi connectivity index (χ3n) is 2.98. The minimum atomic E-state index is -0.330. The summed E-state index contributed by atoms with van der Waals surface area (Å²) < 4.78 is 10.5. The molecule has 0 saturated heterocycles. The van der Waals surface area contributed by atoms with E-state index in [1.54, 1.807) is 42.5 Å². The summed E-state index contributed by atoms with van der Waals surface area (Å²) in [5.74, 6) is 0.482. The first-order valence-electron chi connectivity index (χ1n) is 7.12. The number of rotatable bonds is 6. The molecule has 7 heteroatoms. The van der Waals surface area contributed by atoms with Crippen molar-refractivity contribution >= 4 is 34.8 Å². The van der Waals surface area contributed by atoms with E-state index in [-0.39, 0.29) is 18.4 Å². The lowest BCUT2D eigenvalue weighted by Crippen LogP contribution is -2.20. The van der Waals surface area contributed by atoms with Crippen LogP contribution >= 0.6 is 11.6 Å². The van der Waals surface area contributed by atoms with E-state index >= 15 is 0 Å². The number of hydrogen-bond acceptors (Lipinski definition) is 4. The quantitative estimate of drug-likeness (QED) is 0.839. The molecule has 0 spiro atoms. The van der Waals surface area contributed by atoms with Crippen molar-refractivity contribution in [1.29, 1.82) is 0 Å². The van der Waals surface area contributed by atoms with Gasteiger partial charge < -0.3 is 20.1 Å². The molecular weight excluding hydrogens is 332 g/mol. The number of methoxy groups -OCH3 is 1. The van der Waals surface area contributed by atoms with Gasteiger partial charge in [0.1, 0.15) is 11.5 Å². The van der Waals surface area contributed by atoms with Crippen LogP contribution in [0.3, 0.4) is 0 Å². The van der Waals surface area contributed by atoms with E-state index in [1.807, 2.05) is 0 Å². The summed E-state index contributed by atoms with van der Waals surface area (Å²) in [6, 6.07) is 11.7. The highest BCUT2D eigenvalue weighted by Crippen LogP contribution is 2.27. The maximum atomic E-state index is 12.0. The van der Waals surface area contributed by atoms with Crippen molar-refractivity contribution in [2.24, 2.45) is 0 Å². The van der Waals surface area contributed by atoms with E-state index in [4.69, 9.17) is 21.1 Å². The maximum Gasteiger partial charge on any atom is 0.262 e. The van der Waals surface area contributed by atoms with Gasteiger partial charge in [0.25, 0.3) is 5.91 Å². The molecule has 0 aliphatic heterocycles. The largest absolute Gasteiger partial charge is 0.495 e. The summed E-state index contributed by atoms with van der Waals surface area (Å²) in [5, 5.41) is 5.93. The maximum absolute atomic E-state index is 12.0. The van der Waals surface area contributed by atoms with E-state index < -0.39 is 0 Å². The number of carbonyl (C=O) groups is 2. The first-order chi connectivity index (χ1) is 11.5. The Balaban J connectivity index is 1.97. The summed E-state index contributed by atoms with van der Waals surface area (Å²) in [7, 11) is 1.50. The highest BCUT2D eigenvalue weighted by atomic mass is 35.5. The van der Waals surface area contributed by atoms with Crippen molar-refractivity contribution in [3.63, 3.8) is 0 Å². The highest BCUT2D eigenvalue weighted by Gasteiger charge is 2.09. The Hall–Kier alpha value is -2.73. The molecule has 2 aromatic carbocycles. The molecule has 6 nitrogen and oxygen atoms in total. The molecule has 0 fully saturated rings. The Kier molecular flexibility index (Phi) is 6.03. The number of amides is 2. The fraction of sp³-hybridized carbons (Fsp3) is 0.176. The third kappa shape index (κ3) is 5.17. The van der Waals surface area contributed by atoms with Crippen LogP contribution in [0.1, 0.15) is 6.92 Å². The second kappa shape index (κ2) is 8.21. The minimum absolute atomic E-state index is 0.150. The number of benzene rings is 2. The van der Waals surface area contributed by atoms with Gasteiger partial charge in [-0.15, -0.1) is 0 Å². The number of hydrogen-bond donors (Lipinski definition) is 2. The van der Waals surface area contributed by atoms with Gasteiger partial charge in [0.15, 0.2) is 6.61 Å². The lowest BCUT2D eigenvalue weighted by atomic mass is 10.2. The van der Waals surface area contributed by atoms with Crippen LogP contribution in [0.4, 0.5) is 11.4 Å². The van der Waals surface area contributed by atoms with Gasteiger partial charge in [-0.2, -0.15) is 0 Å². The van der Waals surface area contributed by atoms with Gasteiger partial charge in [0.05, 0.1) is 12.8 Å². The van der Waals surface area contributed by atoms with Crippen molar-refractivity contribution in [2.45, 2.75) is 6.92 Å². The van der Waals surface area contributed by atoms with Crippen molar-refractivity contribution in [3.05, 3.63) is 47.5 Å². The topological polar surface area (TPSA) is 76.7 Å². The van der Waals surface area contributed by atoms with Crippen molar-refractivity contribution in [2.75, 3.05) is 24.4 Å². The Morgan fingerprint density at radius 1 is 1.08 bits per heavy atom. The predicted octanol–water partition coefficient (Wildman–Crippen LogP) is 3.32.